The zero-order chi connectivity index (χ0) is 24.6. The van der Waals surface area contributed by atoms with Crippen LogP contribution in [-0.4, -0.2) is 78.4 Å². The molecule has 0 bridgehead atoms. The Labute approximate surface area is 186 Å². The van der Waals surface area contributed by atoms with Crippen molar-refractivity contribution in [3.63, 3.8) is 0 Å². The van der Waals surface area contributed by atoms with Crippen LogP contribution in [0.25, 0.3) is 16.9 Å². The summed E-state index contributed by atoms with van der Waals surface area (Å²) < 4.78 is 81.2. The second-order valence-electron chi connectivity index (χ2n) is 6.83. The molecule has 0 aliphatic heterocycles. The molecule has 1 atom stereocenters. The average Bonchev–Trinajstić information content (AvgIpc) is 3.16. The highest BCUT2D eigenvalue weighted by atomic mass is 32.2. The summed E-state index contributed by atoms with van der Waals surface area (Å²) in [6.07, 6.45) is -4.43. The molecule has 3 aromatic rings. The molecule has 0 fully saturated rings. The topological polar surface area (TPSA) is 103 Å². The number of amides is 1. The zero-order valence-electron chi connectivity index (χ0n) is 17.4. The Kier molecular flexibility index (Phi) is 6.63. The van der Waals surface area contributed by atoms with Gasteiger partial charge < -0.3 is 9.64 Å². The molecule has 0 saturated carbocycles. The van der Waals surface area contributed by atoms with Gasteiger partial charge in [-0.3, -0.25) is 9.00 Å². The lowest BCUT2D eigenvalue weighted by molar-refractivity contribution is -0.290. The molecule has 1 amide bonds. The molecular weight excluding hydrogens is 475 g/mol. The molecule has 0 spiro atoms. The molecule has 1 unspecified atom stereocenters. The van der Waals surface area contributed by atoms with Crippen molar-refractivity contribution >= 4 is 22.4 Å². The number of hydrogen-bond donors (Lipinski definition) is 0. The number of alkyl halides is 5. The first kappa shape index (κ1) is 24.4. The van der Waals surface area contributed by atoms with E-state index >= 15 is 0 Å². The van der Waals surface area contributed by atoms with Gasteiger partial charge in [0.05, 0.1) is 22.1 Å². The predicted octanol–water partition coefficient (Wildman–Crippen LogP) is 2.59. The molecule has 3 heterocycles. The molecule has 0 N–H and O–H groups in total. The zero-order valence-corrected chi connectivity index (χ0v) is 18.2. The Balaban J connectivity index is 2.03. The van der Waals surface area contributed by atoms with Crippen LogP contribution >= 0.6 is 0 Å². The second kappa shape index (κ2) is 8.96. The number of nitrogens with zero attached hydrogens (tertiary/aromatic N) is 6. The number of ether oxygens (including phenoxy) is 1. The maximum atomic E-state index is 13.1. The average molecular weight is 492 g/mol. The SMILES string of the molecule is CCS(=O)c1nn2c(C(=O)N(C)C)ccnc2c1-c1ccc(OCC(F)(F)C(F)(F)F)nn1. The van der Waals surface area contributed by atoms with Gasteiger partial charge in [-0.15, -0.1) is 10.2 Å². The van der Waals surface area contributed by atoms with E-state index < -0.39 is 41.3 Å². The summed E-state index contributed by atoms with van der Waals surface area (Å²) in [6, 6.07) is 3.68. The van der Waals surface area contributed by atoms with Crippen LogP contribution in [0.3, 0.4) is 0 Å². The molecule has 15 heteroatoms. The molecule has 0 saturated heterocycles. The van der Waals surface area contributed by atoms with Crippen LogP contribution in [0.4, 0.5) is 22.0 Å². The Hall–Kier alpha value is -3.23. The van der Waals surface area contributed by atoms with Crippen molar-refractivity contribution in [2.24, 2.45) is 0 Å². The fourth-order valence-electron chi connectivity index (χ4n) is 2.61. The van der Waals surface area contributed by atoms with Gasteiger partial charge in [0, 0.05) is 32.1 Å². The van der Waals surface area contributed by atoms with Crippen molar-refractivity contribution in [3.8, 4) is 17.1 Å². The van der Waals surface area contributed by atoms with E-state index in [0.717, 1.165) is 6.07 Å². The largest absolute Gasteiger partial charge is 0.470 e. The van der Waals surface area contributed by atoms with Crippen molar-refractivity contribution in [1.29, 1.82) is 0 Å². The number of aromatic nitrogens is 5. The Bertz CT molecular complexity index is 1200. The van der Waals surface area contributed by atoms with Crippen molar-refractivity contribution in [2.75, 3.05) is 26.5 Å². The van der Waals surface area contributed by atoms with Gasteiger partial charge in [0.2, 0.25) is 5.88 Å². The van der Waals surface area contributed by atoms with Gasteiger partial charge in [0.1, 0.15) is 5.69 Å². The minimum Gasteiger partial charge on any atom is -0.470 e. The summed E-state index contributed by atoms with van der Waals surface area (Å²) in [5.41, 5.74) is 0.487. The molecule has 178 valence electrons. The fraction of sp³-hybridized carbons (Fsp3) is 0.389. The quantitative estimate of drug-likeness (QED) is 0.467. The first-order chi connectivity index (χ1) is 15.4. The van der Waals surface area contributed by atoms with Gasteiger partial charge in [-0.25, -0.2) is 9.50 Å². The molecule has 3 rings (SSSR count). The van der Waals surface area contributed by atoms with Crippen molar-refractivity contribution in [1.82, 2.24) is 29.7 Å². The number of halogens is 5. The Morgan fingerprint density at radius 2 is 1.85 bits per heavy atom. The van der Waals surface area contributed by atoms with Gasteiger partial charge in [-0.1, -0.05) is 6.92 Å². The monoisotopic (exact) mass is 492 g/mol. The third-order valence-corrected chi connectivity index (χ3v) is 5.54. The van der Waals surface area contributed by atoms with Crippen molar-refractivity contribution < 1.29 is 35.7 Å². The van der Waals surface area contributed by atoms with Crippen molar-refractivity contribution in [3.05, 3.63) is 30.1 Å². The maximum Gasteiger partial charge on any atom is 0.456 e. The molecule has 0 aliphatic rings. The lowest BCUT2D eigenvalue weighted by Crippen LogP contribution is -2.41. The fourth-order valence-corrected chi connectivity index (χ4v) is 3.48. The van der Waals surface area contributed by atoms with Gasteiger partial charge in [-0.05, 0) is 12.1 Å². The van der Waals surface area contributed by atoms with E-state index in [2.05, 4.69) is 25.0 Å². The molecule has 3 aromatic heterocycles. The van der Waals surface area contributed by atoms with Gasteiger partial charge in [0.25, 0.3) is 5.91 Å². The predicted molar refractivity (Wildman–Crippen MR) is 105 cm³/mol. The van der Waals surface area contributed by atoms with E-state index in [1.807, 2.05) is 0 Å². The summed E-state index contributed by atoms with van der Waals surface area (Å²) in [5.74, 6) is -5.87. The van der Waals surface area contributed by atoms with Gasteiger partial charge in [0.15, 0.2) is 17.3 Å². The summed E-state index contributed by atoms with van der Waals surface area (Å²) in [6.45, 7) is -0.323. The number of carbonyl (C=O) groups is 1. The minimum absolute atomic E-state index is 0.0515. The molecule has 0 aliphatic carbocycles. The molecule has 0 radical (unpaired) electrons. The highest BCUT2D eigenvalue weighted by Gasteiger charge is 2.58. The minimum atomic E-state index is -5.77. The van der Waals surface area contributed by atoms with Crippen LogP contribution in [0.1, 0.15) is 17.4 Å². The van der Waals surface area contributed by atoms with Crippen molar-refractivity contribution in [2.45, 2.75) is 24.0 Å². The van der Waals surface area contributed by atoms with E-state index in [-0.39, 0.29) is 33.4 Å². The summed E-state index contributed by atoms with van der Waals surface area (Å²) in [7, 11) is 1.46. The van der Waals surface area contributed by atoms with Crippen LogP contribution in [-0.2, 0) is 10.8 Å². The van der Waals surface area contributed by atoms with Crippen LogP contribution in [0.2, 0.25) is 0 Å². The summed E-state index contributed by atoms with van der Waals surface area (Å²) in [5, 5.41) is 11.6. The maximum absolute atomic E-state index is 13.1. The molecule has 9 nitrogen and oxygen atoms in total. The molecular formula is C18H17F5N6O3S. The third kappa shape index (κ3) is 4.77. The Morgan fingerprint density at radius 1 is 1.15 bits per heavy atom. The van der Waals surface area contributed by atoms with Crippen LogP contribution in [0.15, 0.2) is 29.4 Å². The van der Waals surface area contributed by atoms with Gasteiger partial charge >= 0.3 is 12.1 Å². The third-order valence-electron chi connectivity index (χ3n) is 4.30. The number of carbonyl (C=O) groups excluding carboxylic acids is 1. The van der Waals surface area contributed by atoms with E-state index in [0.29, 0.717) is 0 Å². The normalized spacial score (nSPS) is 13.2. The highest BCUT2D eigenvalue weighted by molar-refractivity contribution is 7.85. The molecule has 33 heavy (non-hydrogen) atoms. The van der Waals surface area contributed by atoms with E-state index in [9.17, 15) is 31.0 Å². The number of rotatable bonds is 7. The van der Waals surface area contributed by atoms with E-state index in [4.69, 9.17) is 0 Å². The lowest BCUT2D eigenvalue weighted by Gasteiger charge is -2.19. The van der Waals surface area contributed by atoms with Crippen LogP contribution < -0.4 is 4.74 Å². The van der Waals surface area contributed by atoms with Crippen LogP contribution in [0.5, 0.6) is 5.88 Å². The number of fused-ring (bicyclic) bond motifs is 1. The van der Waals surface area contributed by atoms with E-state index in [1.54, 1.807) is 6.92 Å². The van der Waals surface area contributed by atoms with E-state index in [1.165, 1.54) is 41.8 Å². The Morgan fingerprint density at radius 3 is 2.39 bits per heavy atom. The summed E-state index contributed by atoms with van der Waals surface area (Å²) in [4.78, 5) is 18.0. The molecule has 0 aromatic carbocycles. The lowest BCUT2D eigenvalue weighted by atomic mass is 10.2. The van der Waals surface area contributed by atoms with Gasteiger partial charge in [-0.2, -0.15) is 27.1 Å². The highest BCUT2D eigenvalue weighted by Crippen LogP contribution is 2.36. The first-order valence-electron chi connectivity index (χ1n) is 9.26. The van der Waals surface area contributed by atoms with Crippen LogP contribution in [0, 0.1) is 0 Å². The number of hydrogen-bond acceptors (Lipinski definition) is 7. The summed E-state index contributed by atoms with van der Waals surface area (Å²) >= 11 is 0. The standard InChI is InChI=1S/C18H17F5N6O3S/c1-4-33(31)15-13(14-24-8-7-11(29(14)27-15)16(30)28(2)3)10-5-6-12(26-25-10)32-9-17(19,20)18(21,22)23/h5-8H,4,9H2,1-3H3. The smallest absolute Gasteiger partial charge is 0.456 e. The first-order valence-corrected chi connectivity index (χ1v) is 10.6. The second-order valence-corrected chi connectivity index (χ2v) is 8.48.